The van der Waals surface area contributed by atoms with E-state index in [4.69, 9.17) is 15.2 Å². The lowest BCUT2D eigenvalue weighted by atomic mass is 10.2. The first kappa shape index (κ1) is 12.3. The fourth-order valence-corrected chi connectivity index (χ4v) is 1.85. The van der Waals surface area contributed by atoms with Crippen LogP contribution in [0.2, 0.25) is 0 Å². The van der Waals surface area contributed by atoms with Crippen LogP contribution in [-0.4, -0.2) is 12.7 Å². The maximum atomic E-state index is 13.3. The average Bonchev–Trinajstić information content (AvgIpc) is 2.90. The van der Waals surface area contributed by atoms with E-state index in [1.54, 1.807) is 18.2 Å². The van der Waals surface area contributed by atoms with E-state index < -0.39 is 5.82 Å². The number of nitrogens with one attached hydrogen (secondary N) is 1. The number of nitrogens with two attached hydrogens (primary N) is 1. The molecular formula is C14H11FN2O3. The quantitative estimate of drug-likeness (QED) is 0.825. The molecule has 2 aromatic carbocycles. The number of anilines is 2. The Balaban J connectivity index is 1.80. The van der Waals surface area contributed by atoms with Crippen molar-refractivity contribution in [2.75, 3.05) is 17.8 Å². The fourth-order valence-electron chi connectivity index (χ4n) is 1.85. The molecule has 0 spiro atoms. The summed E-state index contributed by atoms with van der Waals surface area (Å²) < 4.78 is 23.7. The minimum absolute atomic E-state index is 0.0334. The lowest BCUT2D eigenvalue weighted by Crippen LogP contribution is -2.12. The van der Waals surface area contributed by atoms with Crippen molar-refractivity contribution < 1.29 is 18.7 Å². The van der Waals surface area contributed by atoms with E-state index in [9.17, 15) is 9.18 Å². The number of carbonyl (C=O) groups excluding carboxylic acids is 1. The minimum Gasteiger partial charge on any atom is -0.454 e. The van der Waals surface area contributed by atoms with Gasteiger partial charge in [0.15, 0.2) is 11.5 Å². The van der Waals surface area contributed by atoms with Crippen LogP contribution in [0.25, 0.3) is 0 Å². The molecule has 0 saturated heterocycles. The molecule has 1 amide bonds. The SMILES string of the molecule is Nc1ccc(NC(=O)c2ccc3c(c2)OCO3)cc1F. The van der Waals surface area contributed by atoms with E-state index in [0.717, 1.165) is 0 Å². The van der Waals surface area contributed by atoms with Gasteiger partial charge in [0.25, 0.3) is 5.91 Å². The Bertz CT molecular complexity index is 688. The molecule has 5 nitrogen and oxygen atoms in total. The van der Waals surface area contributed by atoms with Gasteiger partial charge in [-0.2, -0.15) is 0 Å². The van der Waals surface area contributed by atoms with Crippen molar-refractivity contribution in [2.45, 2.75) is 0 Å². The molecule has 3 N–H and O–H groups in total. The predicted molar refractivity (Wildman–Crippen MR) is 71.3 cm³/mol. The number of fused-ring (bicyclic) bond motifs is 1. The summed E-state index contributed by atoms with van der Waals surface area (Å²) in [5.41, 5.74) is 6.14. The van der Waals surface area contributed by atoms with Crippen LogP contribution in [0, 0.1) is 5.82 Å². The summed E-state index contributed by atoms with van der Waals surface area (Å²) in [6.45, 7) is 0.142. The van der Waals surface area contributed by atoms with E-state index in [-0.39, 0.29) is 18.4 Å². The van der Waals surface area contributed by atoms with Gasteiger partial charge in [-0.1, -0.05) is 0 Å². The smallest absolute Gasteiger partial charge is 0.255 e. The molecule has 1 heterocycles. The van der Waals surface area contributed by atoms with Crippen molar-refractivity contribution in [1.29, 1.82) is 0 Å². The number of nitrogen functional groups attached to an aromatic ring is 1. The Morgan fingerprint density at radius 2 is 1.95 bits per heavy atom. The molecule has 0 aliphatic carbocycles. The molecule has 0 atom stereocenters. The number of hydrogen-bond donors (Lipinski definition) is 2. The Kier molecular flexibility index (Phi) is 2.90. The second-order valence-electron chi connectivity index (χ2n) is 4.26. The van der Waals surface area contributed by atoms with E-state index in [1.807, 2.05) is 0 Å². The number of halogens is 1. The molecule has 6 heteroatoms. The number of amides is 1. The summed E-state index contributed by atoms with van der Waals surface area (Å²) in [5.74, 6) is 0.169. The second kappa shape index (κ2) is 4.73. The van der Waals surface area contributed by atoms with E-state index in [1.165, 1.54) is 18.2 Å². The van der Waals surface area contributed by atoms with Gasteiger partial charge in [-0.05, 0) is 36.4 Å². The monoisotopic (exact) mass is 274 g/mol. The first-order valence-electron chi connectivity index (χ1n) is 5.89. The number of ether oxygens (including phenoxy) is 2. The van der Waals surface area contributed by atoms with Crippen LogP contribution in [0.15, 0.2) is 36.4 Å². The highest BCUT2D eigenvalue weighted by molar-refractivity contribution is 6.04. The van der Waals surface area contributed by atoms with Crippen molar-refractivity contribution in [1.82, 2.24) is 0 Å². The maximum absolute atomic E-state index is 13.3. The molecule has 0 saturated carbocycles. The van der Waals surface area contributed by atoms with Crippen LogP contribution in [0.1, 0.15) is 10.4 Å². The summed E-state index contributed by atoms with van der Waals surface area (Å²) in [6, 6.07) is 8.93. The summed E-state index contributed by atoms with van der Waals surface area (Å²) >= 11 is 0. The first-order valence-corrected chi connectivity index (χ1v) is 5.89. The van der Waals surface area contributed by atoms with E-state index >= 15 is 0 Å². The molecule has 102 valence electrons. The second-order valence-corrected chi connectivity index (χ2v) is 4.26. The van der Waals surface area contributed by atoms with Crippen molar-refractivity contribution in [3.05, 3.63) is 47.8 Å². The molecule has 3 rings (SSSR count). The predicted octanol–water partition coefficient (Wildman–Crippen LogP) is 2.39. The van der Waals surface area contributed by atoms with Crippen molar-refractivity contribution in [2.24, 2.45) is 0 Å². The Morgan fingerprint density at radius 1 is 1.15 bits per heavy atom. The molecular weight excluding hydrogens is 263 g/mol. The number of carbonyl (C=O) groups is 1. The lowest BCUT2D eigenvalue weighted by molar-refractivity contribution is 0.102. The van der Waals surface area contributed by atoms with Gasteiger partial charge in [0.1, 0.15) is 5.82 Å². The largest absolute Gasteiger partial charge is 0.454 e. The summed E-state index contributed by atoms with van der Waals surface area (Å²) in [5, 5.41) is 2.59. The summed E-state index contributed by atoms with van der Waals surface area (Å²) in [6.07, 6.45) is 0. The standard InChI is InChI=1S/C14H11FN2O3/c15-10-6-9(2-3-11(10)16)17-14(18)8-1-4-12-13(5-8)20-7-19-12/h1-6H,7,16H2,(H,17,18). The minimum atomic E-state index is -0.575. The Morgan fingerprint density at radius 3 is 2.75 bits per heavy atom. The van der Waals surface area contributed by atoms with Gasteiger partial charge in [-0.25, -0.2) is 4.39 Å². The van der Waals surface area contributed by atoms with Gasteiger partial charge in [0.2, 0.25) is 6.79 Å². The molecule has 2 aromatic rings. The van der Waals surface area contributed by atoms with Crippen LogP contribution in [-0.2, 0) is 0 Å². The van der Waals surface area contributed by atoms with Crippen LogP contribution in [0.4, 0.5) is 15.8 Å². The highest BCUT2D eigenvalue weighted by atomic mass is 19.1. The molecule has 1 aliphatic heterocycles. The summed E-state index contributed by atoms with van der Waals surface area (Å²) in [7, 11) is 0. The first-order chi connectivity index (χ1) is 9.63. The molecule has 0 aromatic heterocycles. The van der Waals surface area contributed by atoms with Gasteiger partial charge in [-0.3, -0.25) is 4.79 Å². The average molecular weight is 274 g/mol. The topological polar surface area (TPSA) is 73.6 Å². The molecule has 0 fully saturated rings. The number of benzene rings is 2. The van der Waals surface area contributed by atoms with Gasteiger partial charge in [0, 0.05) is 11.3 Å². The van der Waals surface area contributed by atoms with Crippen molar-refractivity contribution in [3.8, 4) is 11.5 Å². The fraction of sp³-hybridized carbons (Fsp3) is 0.0714. The van der Waals surface area contributed by atoms with Crippen LogP contribution in [0.3, 0.4) is 0 Å². The third-order valence-electron chi connectivity index (χ3n) is 2.89. The van der Waals surface area contributed by atoms with E-state index in [0.29, 0.717) is 22.7 Å². The molecule has 0 unspecified atom stereocenters. The van der Waals surface area contributed by atoms with Crippen LogP contribution < -0.4 is 20.5 Å². The lowest BCUT2D eigenvalue weighted by Gasteiger charge is -2.07. The highest BCUT2D eigenvalue weighted by Gasteiger charge is 2.16. The number of rotatable bonds is 2. The number of hydrogen-bond acceptors (Lipinski definition) is 4. The summed E-state index contributed by atoms with van der Waals surface area (Å²) in [4.78, 5) is 12.0. The third-order valence-corrected chi connectivity index (χ3v) is 2.89. The third kappa shape index (κ3) is 2.23. The Hall–Kier alpha value is -2.76. The van der Waals surface area contributed by atoms with Crippen molar-refractivity contribution in [3.63, 3.8) is 0 Å². The van der Waals surface area contributed by atoms with Crippen molar-refractivity contribution >= 4 is 17.3 Å². The van der Waals surface area contributed by atoms with Gasteiger partial charge < -0.3 is 20.5 Å². The molecule has 0 bridgehead atoms. The maximum Gasteiger partial charge on any atom is 0.255 e. The molecule has 20 heavy (non-hydrogen) atoms. The molecule has 0 radical (unpaired) electrons. The van der Waals surface area contributed by atoms with Crippen LogP contribution in [0.5, 0.6) is 11.5 Å². The van der Waals surface area contributed by atoms with Gasteiger partial charge in [-0.15, -0.1) is 0 Å². The highest BCUT2D eigenvalue weighted by Crippen LogP contribution is 2.32. The normalized spacial score (nSPS) is 12.2. The zero-order valence-electron chi connectivity index (χ0n) is 10.4. The van der Waals surface area contributed by atoms with Crippen LogP contribution >= 0.6 is 0 Å². The van der Waals surface area contributed by atoms with Gasteiger partial charge >= 0.3 is 0 Å². The van der Waals surface area contributed by atoms with Gasteiger partial charge in [0.05, 0.1) is 5.69 Å². The Labute approximate surface area is 114 Å². The van der Waals surface area contributed by atoms with E-state index in [2.05, 4.69) is 5.32 Å². The zero-order valence-corrected chi connectivity index (χ0v) is 10.4. The molecule has 1 aliphatic rings. The zero-order chi connectivity index (χ0) is 14.1.